The van der Waals surface area contributed by atoms with Crippen molar-refractivity contribution in [2.24, 2.45) is 11.8 Å². The molecule has 2 unspecified atom stereocenters. The van der Waals surface area contributed by atoms with Crippen LogP contribution < -0.4 is 0 Å². The van der Waals surface area contributed by atoms with Gasteiger partial charge in [0.05, 0.1) is 5.56 Å². The molecule has 0 spiro atoms. The zero-order valence-corrected chi connectivity index (χ0v) is 13.2. The van der Waals surface area contributed by atoms with Crippen LogP contribution >= 0.6 is 15.9 Å². The van der Waals surface area contributed by atoms with Crippen LogP contribution in [-0.2, 0) is 0 Å². The third-order valence-electron chi connectivity index (χ3n) is 3.55. The van der Waals surface area contributed by atoms with Gasteiger partial charge in [-0.15, -0.1) is 0 Å². The molecule has 0 bridgehead atoms. The minimum Gasteiger partial charge on any atom is -0.478 e. The van der Waals surface area contributed by atoms with Gasteiger partial charge in [0.15, 0.2) is 0 Å². The summed E-state index contributed by atoms with van der Waals surface area (Å²) in [5.41, 5.74) is 0.555. The Morgan fingerprint density at radius 3 is 2.25 bits per heavy atom. The van der Waals surface area contributed by atoms with Gasteiger partial charge in [0.1, 0.15) is 0 Å². The molecule has 0 radical (unpaired) electrons. The van der Waals surface area contributed by atoms with Crippen LogP contribution in [0.3, 0.4) is 0 Å². The van der Waals surface area contributed by atoms with Gasteiger partial charge in [-0.25, -0.2) is 4.79 Å². The van der Waals surface area contributed by atoms with Gasteiger partial charge in [0, 0.05) is 23.1 Å². The van der Waals surface area contributed by atoms with Crippen LogP contribution in [0.1, 0.15) is 41.0 Å². The van der Waals surface area contributed by atoms with Crippen LogP contribution in [0.5, 0.6) is 0 Å². The molecule has 1 aliphatic heterocycles. The lowest BCUT2D eigenvalue weighted by Crippen LogP contribution is -2.42. The molecule has 1 aliphatic rings. The summed E-state index contributed by atoms with van der Waals surface area (Å²) in [5, 5.41) is 9.06. The maximum absolute atomic E-state index is 12.5. The molecule has 1 heterocycles. The van der Waals surface area contributed by atoms with Gasteiger partial charge >= 0.3 is 5.97 Å². The van der Waals surface area contributed by atoms with E-state index < -0.39 is 5.97 Å². The SMILES string of the molecule is CC1CC(C)CN(C(=O)c2cc(Br)cc(C(=O)O)c2)C1. The number of rotatable bonds is 2. The highest BCUT2D eigenvalue weighted by Crippen LogP contribution is 2.24. The highest BCUT2D eigenvalue weighted by Gasteiger charge is 2.26. The lowest BCUT2D eigenvalue weighted by molar-refractivity contribution is 0.0623. The normalized spacial score (nSPS) is 22.6. The third kappa shape index (κ3) is 3.39. The van der Waals surface area contributed by atoms with E-state index in [0.717, 1.165) is 19.5 Å². The van der Waals surface area contributed by atoms with Crippen molar-refractivity contribution >= 4 is 27.8 Å². The van der Waals surface area contributed by atoms with Gasteiger partial charge < -0.3 is 10.0 Å². The molecule has 2 rings (SSSR count). The van der Waals surface area contributed by atoms with Crippen LogP contribution in [0.15, 0.2) is 22.7 Å². The Hall–Kier alpha value is -1.36. The summed E-state index contributed by atoms with van der Waals surface area (Å²) in [5.74, 6) is -0.157. The number of carbonyl (C=O) groups is 2. The molecule has 1 amide bonds. The fraction of sp³-hybridized carbons (Fsp3) is 0.467. The summed E-state index contributed by atoms with van der Waals surface area (Å²) in [6.45, 7) is 5.75. The molecule has 0 aromatic heterocycles. The number of likely N-dealkylation sites (tertiary alicyclic amines) is 1. The van der Waals surface area contributed by atoms with Crippen molar-refractivity contribution < 1.29 is 14.7 Å². The average molecular weight is 340 g/mol. The molecular weight excluding hydrogens is 322 g/mol. The predicted octanol–water partition coefficient (Wildman–Crippen LogP) is 3.27. The van der Waals surface area contributed by atoms with Crippen molar-refractivity contribution in [1.29, 1.82) is 0 Å². The quantitative estimate of drug-likeness (QED) is 0.899. The minimum atomic E-state index is -1.03. The van der Waals surface area contributed by atoms with Crippen molar-refractivity contribution in [3.05, 3.63) is 33.8 Å². The largest absolute Gasteiger partial charge is 0.478 e. The first-order valence-corrected chi connectivity index (χ1v) is 7.49. The second-order valence-electron chi connectivity index (χ2n) is 5.69. The zero-order chi connectivity index (χ0) is 14.9. The first-order chi connectivity index (χ1) is 9.36. The summed E-state index contributed by atoms with van der Waals surface area (Å²) in [6.07, 6.45) is 1.13. The van der Waals surface area contributed by atoms with E-state index in [1.165, 1.54) is 12.1 Å². The first kappa shape index (κ1) is 15.0. The monoisotopic (exact) mass is 339 g/mol. The van der Waals surface area contributed by atoms with Crippen molar-refractivity contribution in [3.8, 4) is 0 Å². The van der Waals surface area contributed by atoms with E-state index in [2.05, 4.69) is 29.8 Å². The summed E-state index contributed by atoms with van der Waals surface area (Å²) >= 11 is 3.26. The second kappa shape index (κ2) is 5.95. The highest BCUT2D eigenvalue weighted by molar-refractivity contribution is 9.10. The van der Waals surface area contributed by atoms with Crippen LogP contribution in [0.2, 0.25) is 0 Å². The molecule has 1 N–H and O–H groups in total. The van der Waals surface area contributed by atoms with Gasteiger partial charge in [-0.1, -0.05) is 29.8 Å². The molecule has 108 valence electrons. The lowest BCUT2D eigenvalue weighted by Gasteiger charge is -2.35. The van der Waals surface area contributed by atoms with Crippen molar-refractivity contribution in [2.45, 2.75) is 20.3 Å². The number of nitrogens with zero attached hydrogens (tertiary/aromatic N) is 1. The molecule has 2 atom stereocenters. The fourth-order valence-electron chi connectivity index (χ4n) is 2.85. The predicted molar refractivity (Wildman–Crippen MR) is 79.9 cm³/mol. The Labute approximate surface area is 126 Å². The maximum Gasteiger partial charge on any atom is 0.335 e. The fourth-order valence-corrected chi connectivity index (χ4v) is 3.34. The molecule has 1 aromatic carbocycles. The van der Waals surface area contributed by atoms with Crippen molar-refractivity contribution in [3.63, 3.8) is 0 Å². The number of hydrogen-bond acceptors (Lipinski definition) is 2. The molecule has 0 aliphatic carbocycles. The van der Waals surface area contributed by atoms with Crippen LogP contribution in [0.25, 0.3) is 0 Å². The number of halogens is 1. The number of carbonyl (C=O) groups excluding carboxylic acids is 1. The van der Waals surface area contributed by atoms with Gasteiger partial charge in [-0.2, -0.15) is 0 Å². The highest BCUT2D eigenvalue weighted by atomic mass is 79.9. The molecular formula is C15H18BrNO3. The number of amides is 1. The molecule has 1 saturated heterocycles. The van der Waals surface area contributed by atoms with E-state index in [4.69, 9.17) is 5.11 Å². The maximum atomic E-state index is 12.5. The number of piperidine rings is 1. The standard InChI is InChI=1S/C15H18BrNO3/c1-9-3-10(2)8-17(7-9)14(18)11-4-12(15(19)20)6-13(16)5-11/h4-6,9-10H,3,7-8H2,1-2H3,(H,19,20). The van der Waals surface area contributed by atoms with E-state index >= 15 is 0 Å². The topological polar surface area (TPSA) is 57.6 Å². The van der Waals surface area contributed by atoms with E-state index in [-0.39, 0.29) is 11.5 Å². The molecule has 1 aromatic rings. The van der Waals surface area contributed by atoms with Crippen molar-refractivity contribution in [2.75, 3.05) is 13.1 Å². The lowest BCUT2D eigenvalue weighted by atomic mass is 9.91. The molecule has 4 nitrogen and oxygen atoms in total. The van der Waals surface area contributed by atoms with Crippen LogP contribution in [-0.4, -0.2) is 35.0 Å². The minimum absolute atomic E-state index is 0.0906. The first-order valence-electron chi connectivity index (χ1n) is 6.70. The van der Waals surface area contributed by atoms with E-state index in [1.54, 1.807) is 6.07 Å². The third-order valence-corrected chi connectivity index (χ3v) is 4.01. The Morgan fingerprint density at radius 1 is 1.15 bits per heavy atom. The number of benzene rings is 1. The van der Waals surface area contributed by atoms with Crippen molar-refractivity contribution in [1.82, 2.24) is 4.90 Å². The van der Waals surface area contributed by atoms with Gasteiger partial charge in [0.2, 0.25) is 0 Å². The number of hydrogen-bond donors (Lipinski definition) is 1. The Bertz CT molecular complexity index is 534. The van der Waals surface area contributed by atoms with E-state index in [1.807, 2.05) is 4.90 Å². The summed E-state index contributed by atoms with van der Waals surface area (Å²) in [4.78, 5) is 25.4. The second-order valence-corrected chi connectivity index (χ2v) is 6.61. The molecule has 20 heavy (non-hydrogen) atoms. The molecule has 5 heteroatoms. The Kier molecular flexibility index (Phi) is 4.48. The van der Waals surface area contributed by atoms with Gasteiger partial charge in [-0.3, -0.25) is 4.79 Å². The Morgan fingerprint density at radius 2 is 1.70 bits per heavy atom. The zero-order valence-electron chi connectivity index (χ0n) is 11.6. The Balaban J connectivity index is 2.26. The van der Waals surface area contributed by atoms with E-state index in [0.29, 0.717) is 21.9 Å². The summed E-state index contributed by atoms with van der Waals surface area (Å²) < 4.78 is 0.610. The summed E-state index contributed by atoms with van der Waals surface area (Å²) in [7, 11) is 0. The van der Waals surface area contributed by atoms with Crippen LogP contribution in [0.4, 0.5) is 0 Å². The molecule has 1 fully saturated rings. The smallest absolute Gasteiger partial charge is 0.335 e. The van der Waals surface area contributed by atoms with Gasteiger partial charge in [0.25, 0.3) is 5.91 Å². The summed E-state index contributed by atoms with van der Waals surface area (Å²) in [6, 6.07) is 4.62. The number of aromatic carboxylic acids is 1. The number of carboxylic acids is 1. The molecule has 0 saturated carbocycles. The average Bonchev–Trinajstić information content (AvgIpc) is 2.35. The number of carboxylic acid groups (broad SMARTS) is 1. The van der Waals surface area contributed by atoms with Gasteiger partial charge in [-0.05, 0) is 36.5 Å². The van der Waals surface area contributed by atoms with E-state index in [9.17, 15) is 9.59 Å². The van der Waals surface area contributed by atoms with Crippen LogP contribution in [0, 0.1) is 11.8 Å².